The number of halogens is 1. The molecule has 9 heteroatoms. The van der Waals surface area contributed by atoms with Crippen LogP contribution in [0.25, 0.3) is 0 Å². The third kappa shape index (κ3) is 2.98. The van der Waals surface area contributed by atoms with E-state index in [1.165, 1.54) is 0 Å². The number of rotatable bonds is 6. The summed E-state index contributed by atoms with van der Waals surface area (Å²) < 4.78 is 34.4. The Morgan fingerprint density at radius 2 is 1.84 bits per heavy atom. The second-order valence-corrected chi connectivity index (χ2v) is 6.14. The third-order valence-electron chi connectivity index (χ3n) is 2.59. The van der Waals surface area contributed by atoms with Gasteiger partial charge in [-0.1, -0.05) is 12.1 Å². The van der Waals surface area contributed by atoms with E-state index in [0.29, 0.717) is 0 Å². The van der Waals surface area contributed by atoms with Crippen LogP contribution in [0.2, 0.25) is 0 Å². The molecule has 0 aromatic heterocycles. The Bertz CT molecular complexity index is 499. The van der Waals surface area contributed by atoms with Gasteiger partial charge in [-0.15, -0.1) is 0 Å². The van der Waals surface area contributed by atoms with E-state index in [-0.39, 0.29) is 5.56 Å². The summed E-state index contributed by atoms with van der Waals surface area (Å²) in [4.78, 5) is 9.82. The fraction of sp³-hybridized carbons (Fsp3) is 0.400. The largest absolute Gasteiger partial charge is 0.372 e. The Hall–Kier alpha value is -1.34. The summed E-state index contributed by atoms with van der Waals surface area (Å²) in [5.41, 5.74) is -0.127. The summed E-state index contributed by atoms with van der Waals surface area (Å²) in [7, 11) is -2.21. The molecule has 1 unspecified atom stereocenters. The lowest BCUT2D eigenvalue weighted by molar-refractivity contribution is -0.496. The van der Waals surface area contributed by atoms with Gasteiger partial charge in [0.2, 0.25) is 6.54 Å². The SMILES string of the molecule is COP(=O)(OC)C(O)(C[N+](=O)[O-])c1ccc(F)cc1. The van der Waals surface area contributed by atoms with E-state index in [1.54, 1.807) is 0 Å². The van der Waals surface area contributed by atoms with Crippen LogP contribution in [-0.2, 0) is 19.0 Å². The van der Waals surface area contributed by atoms with Gasteiger partial charge >= 0.3 is 7.60 Å². The fourth-order valence-electron chi connectivity index (χ4n) is 1.61. The van der Waals surface area contributed by atoms with Crippen molar-refractivity contribution in [3.63, 3.8) is 0 Å². The van der Waals surface area contributed by atoms with E-state index in [2.05, 4.69) is 9.05 Å². The van der Waals surface area contributed by atoms with Crippen molar-refractivity contribution in [2.75, 3.05) is 20.8 Å². The maximum absolute atomic E-state index is 12.9. The van der Waals surface area contributed by atoms with E-state index in [1.807, 2.05) is 0 Å². The number of aliphatic hydroxyl groups is 1. The summed E-state index contributed by atoms with van der Waals surface area (Å²) >= 11 is 0. The van der Waals surface area contributed by atoms with Crippen LogP contribution < -0.4 is 0 Å². The maximum atomic E-state index is 12.9. The summed E-state index contributed by atoms with van der Waals surface area (Å²) in [6.45, 7) is -1.10. The minimum absolute atomic E-state index is 0.127. The number of hydrogen-bond acceptors (Lipinski definition) is 6. The molecule has 7 nitrogen and oxygen atoms in total. The Labute approximate surface area is 108 Å². The van der Waals surface area contributed by atoms with Gasteiger partial charge in [0.1, 0.15) is 5.82 Å². The van der Waals surface area contributed by atoms with Crippen LogP contribution >= 0.6 is 7.60 Å². The molecular formula is C10H13FNO6P. The van der Waals surface area contributed by atoms with E-state index in [9.17, 15) is 24.2 Å². The first-order chi connectivity index (χ1) is 8.79. The van der Waals surface area contributed by atoms with Crippen molar-refractivity contribution in [1.29, 1.82) is 0 Å². The lowest BCUT2D eigenvalue weighted by atomic mass is 10.1. The zero-order valence-corrected chi connectivity index (χ0v) is 11.2. The van der Waals surface area contributed by atoms with Crippen molar-refractivity contribution < 1.29 is 28.0 Å². The van der Waals surface area contributed by atoms with Gasteiger partial charge in [0, 0.05) is 24.7 Å². The molecule has 1 N–H and O–H groups in total. The van der Waals surface area contributed by atoms with Crippen LogP contribution in [-0.4, -0.2) is 30.8 Å². The molecule has 1 aromatic carbocycles. The number of nitrogens with zero attached hydrogens (tertiary/aromatic N) is 1. The van der Waals surface area contributed by atoms with Gasteiger partial charge in [-0.3, -0.25) is 14.7 Å². The molecular weight excluding hydrogens is 280 g/mol. The minimum atomic E-state index is -4.20. The van der Waals surface area contributed by atoms with Crippen molar-refractivity contribution in [3.8, 4) is 0 Å². The maximum Gasteiger partial charge on any atom is 0.372 e. The first-order valence-corrected chi connectivity index (χ1v) is 6.65. The van der Waals surface area contributed by atoms with Gasteiger partial charge in [0.25, 0.3) is 5.34 Å². The average Bonchev–Trinajstić information content (AvgIpc) is 2.37. The van der Waals surface area contributed by atoms with Crippen molar-refractivity contribution in [2.24, 2.45) is 0 Å². The zero-order chi connectivity index (χ0) is 14.7. The van der Waals surface area contributed by atoms with Crippen molar-refractivity contribution >= 4 is 7.60 Å². The summed E-state index contributed by atoms with van der Waals surface area (Å²) in [6, 6.07) is 4.14. The highest BCUT2D eigenvalue weighted by Gasteiger charge is 2.54. The Kier molecular flexibility index (Phi) is 4.75. The quantitative estimate of drug-likeness (QED) is 0.487. The monoisotopic (exact) mass is 293 g/mol. The van der Waals surface area contributed by atoms with Gasteiger partial charge in [0.15, 0.2) is 0 Å². The molecule has 0 aliphatic heterocycles. The molecule has 0 aliphatic rings. The molecule has 0 radical (unpaired) electrons. The average molecular weight is 293 g/mol. The van der Waals surface area contributed by atoms with Gasteiger partial charge in [0.05, 0.1) is 0 Å². The first-order valence-electron chi connectivity index (χ1n) is 5.11. The summed E-state index contributed by atoms with van der Waals surface area (Å²) in [5.74, 6) is -0.600. The van der Waals surface area contributed by atoms with Gasteiger partial charge < -0.3 is 14.2 Å². The van der Waals surface area contributed by atoms with Crippen LogP contribution in [0.5, 0.6) is 0 Å². The number of nitro groups is 1. The molecule has 0 saturated heterocycles. The van der Waals surface area contributed by atoms with Crippen molar-refractivity contribution in [3.05, 3.63) is 45.8 Å². The van der Waals surface area contributed by atoms with Crippen LogP contribution in [0.4, 0.5) is 4.39 Å². The summed E-state index contributed by atoms with van der Waals surface area (Å²) in [6.07, 6.45) is 0. The molecule has 0 bridgehead atoms. The molecule has 0 spiro atoms. The van der Waals surface area contributed by atoms with E-state index in [0.717, 1.165) is 38.5 Å². The molecule has 0 fully saturated rings. The van der Waals surface area contributed by atoms with E-state index >= 15 is 0 Å². The van der Waals surface area contributed by atoms with Crippen LogP contribution in [0.1, 0.15) is 5.56 Å². The molecule has 1 aromatic rings. The first kappa shape index (κ1) is 15.7. The molecule has 1 rings (SSSR count). The van der Waals surface area contributed by atoms with Gasteiger partial charge in [-0.2, -0.15) is 0 Å². The highest BCUT2D eigenvalue weighted by molar-refractivity contribution is 7.54. The van der Waals surface area contributed by atoms with E-state index < -0.39 is 30.2 Å². The normalized spacial score (nSPS) is 14.9. The smallest absolute Gasteiger partial charge is 0.368 e. The predicted molar refractivity (Wildman–Crippen MR) is 63.8 cm³/mol. The Morgan fingerprint density at radius 3 is 2.21 bits per heavy atom. The minimum Gasteiger partial charge on any atom is -0.368 e. The lowest BCUT2D eigenvalue weighted by Gasteiger charge is -2.30. The fourth-order valence-corrected chi connectivity index (χ4v) is 3.12. The zero-order valence-electron chi connectivity index (χ0n) is 10.3. The number of hydrogen-bond donors (Lipinski definition) is 1. The molecule has 0 amide bonds. The van der Waals surface area contributed by atoms with Crippen molar-refractivity contribution in [1.82, 2.24) is 0 Å². The van der Waals surface area contributed by atoms with Crippen LogP contribution in [0, 0.1) is 15.9 Å². The van der Waals surface area contributed by atoms with Gasteiger partial charge in [-0.25, -0.2) is 4.39 Å². The van der Waals surface area contributed by atoms with Crippen molar-refractivity contribution in [2.45, 2.75) is 5.34 Å². The van der Waals surface area contributed by atoms with E-state index in [4.69, 9.17) is 0 Å². The molecule has 19 heavy (non-hydrogen) atoms. The Morgan fingerprint density at radius 1 is 1.37 bits per heavy atom. The molecule has 0 heterocycles. The highest BCUT2D eigenvalue weighted by Crippen LogP contribution is 2.62. The number of benzene rings is 1. The second-order valence-electron chi connectivity index (χ2n) is 3.68. The topological polar surface area (TPSA) is 98.9 Å². The second kappa shape index (κ2) is 5.75. The standard InChI is InChI=1S/C10H13FNO6P/c1-17-19(16,18-2)10(13,7-12(14)15)8-3-5-9(11)6-4-8/h3-6,13H,7H2,1-2H3. The molecule has 1 atom stereocenters. The highest BCUT2D eigenvalue weighted by atomic mass is 31.2. The molecule has 106 valence electrons. The van der Waals surface area contributed by atoms with Crippen LogP contribution in [0.15, 0.2) is 24.3 Å². The third-order valence-corrected chi connectivity index (χ3v) is 4.86. The predicted octanol–water partition coefficient (Wildman–Crippen LogP) is 1.73. The molecule has 0 aliphatic carbocycles. The summed E-state index contributed by atoms with van der Waals surface area (Å²) in [5, 5.41) is 18.6. The van der Waals surface area contributed by atoms with Crippen LogP contribution in [0.3, 0.4) is 0 Å². The molecule has 0 saturated carbocycles. The van der Waals surface area contributed by atoms with Gasteiger partial charge in [-0.05, 0) is 12.1 Å². The Balaban J connectivity index is 3.38. The lowest BCUT2D eigenvalue weighted by Crippen LogP contribution is -2.35.